The van der Waals surface area contributed by atoms with Crippen LogP contribution in [-0.2, 0) is 0 Å². The number of hydrogen-bond acceptors (Lipinski definition) is 4. The summed E-state index contributed by atoms with van der Waals surface area (Å²) in [4.78, 5) is 23.0. The lowest BCUT2D eigenvalue weighted by Gasteiger charge is -2.14. The number of benzene rings is 2. The maximum Gasteiger partial charge on any atom is 0.270 e. The molecule has 0 atom stereocenters. The third-order valence-electron chi connectivity index (χ3n) is 2.94. The molecule has 0 aliphatic rings. The second-order valence-corrected chi connectivity index (χ2v) is 4.98. The van der Waals surface area contributed by atoms with E-state index in [0.717, 1.165) is 0 Å². The van der Waals surface area contributed by atoms with Crippen molar-refractivity contribution < 1.29 is 9.72 Å². The summed E-state index contributed by atoms with van der Waals surface area (Å²) in [6, 6.07) is 13.1. The Morgan fingerprint density at radius 2 is 1.81 bits per heavy atom. The van der Waals surface area contributed by atoms with Crippen LogP contribution in [0.25, 0.3) is 0 Å². The molecule has 0 spiro atoms. The predicted octanol–water partition coefficient (Wildman–Crippen LogP) is 3.65. The summed E-state index contributed by atoms with van der Waals surface area (Å²) in [7, 11) is 0. The summed E-state index contributed by atoms with van der Waals surface area (Å²) in [5, 5.41) is 14.1. The van der Waals surface area contributed by atoms with Crippen LogP contribution in [0.1, 0.15) is 29.8 Å². The Morgan fingerprint density at radius 1 is 1.14 bits per heavy atom. The van der Waals surface area contributed by atoms with Crippen molar-refractivity contribution >= 4 is 17.2 Å². The Balaban J connectivity index is 2.50. The van der Waals surface area contributed by atoms with Crippen LogP contribution in [0.2, 0.25) is 0 Å². The average molecular weight is 284 g/mol. The van der Waals surface area contributed by atoms with Crippen LogP contribution in [0.15, 0.2) is 48.5 Å². The lowest BCUT2D eigenvalue weighted by Crippen LogP contribution is -2.14. The van der Waals surface area contributed by atoms with E-state index in [2.05, 4.69) is 5.32 Å². The maximum absolute atomic E-state index is 12.6. The molecule has 5 heteroatoms. The van der Waals surface area contributed by atoms with Crippen molar-refractivity contribution in [1.82, 2.24) is 0 Å². The molecular formula is C16H16N2O3. The molecule has 2 aromatic carbocycles. The standard InChI is InChI=1S/C16H16N2O3/c1-11(2)17-15-9-8-13(18(20)21)10-14(15)16(19)12-6-4-3-5-7-12/h3-11,17H,1-2H3. The largest absolute Gasteiger partial charge is 0.382 e. The Hall–Kier alpha value is -2.69. The molecule has 0 saturated heterocycles. The zero-order valence-corrected chi connectivity index (χ0v) is 11.9. The summed E-state index contributed by atoms with van der Waals surface area (Å²) >= 11 is 0. The average Bonchev–Trinajstić information content (AvgIpc) is 2.47. The van der Waals surface area contributed by atoms with Gasteiger partial charge in [0.05, 0.1) is 10.5 Å². The molecule has 2 aromatic rings. The van der Waals surface area contributed by atoms with Gasteiger partial charge < -0.3 is 5.32 Å². The first kappa shape index (κ1) is 14.7. The molecule has 5 nitrogen and oxygen atoms in total. The quantitative estimate of drug-likeness (QED) is 0.517. The van der Waals surface area contributed by atoms with Gasteiger partial charge in [-0.3, -0.25) is 14.9 Å². The fourth-order valence-electron chi connectivity index (χ4n) is 2.02. The smallest absolute Gasteiger partial charge is 0.270 e. The van der Waals surface area contributed by atoms with Gasteiger partial charge in [0.1, 0.15) is 0 Å². The molecular weight excluding hydrogens is 268 g/mol. The van der Waals surface area contributed by atoms with E-state index < -0.39 is 4.92 Å². The molecule has 0 fully saturated rings. The number of nitro groups is 1. The van der Waals surface area contributed by atoms with Gasteiger partial charge in [0.15, 0.2) is 5.78 Å². The molecule has 0 saturated carbocycles. The van der Waals surface area contributed by atoms with Crippen LogP contribution in [-0.4, -0.2) is 16.7 Å². The third kappa shape index (κ3) is 3.45. The summed E-state index contributed by atoms with van der Waals surface area (Å²) < 4.78 is 0. The molecule has 0 aromatic heterocycles. The highest BCUT2D eigenvalue weighted by atomic mass is 16.6. The van der Waals surface area contributed by atoms with Crippen LogP contribution in [0.5, 0.6) is 0 Å². The molecule has 0 heterocycles. The zero-order chi connectivity index (χ0) is 15.4. The number of anilines is 1. The number of hydrogen-bond donors (Lipinski definition) is 1. The first-order valence-electron chi connectivity index (χ1n) is 6.63. The number of ketones is 1. The summed E-state index contributed by atoms with van der Waals surface area (Å²) in [5.74, 6) is -0.234. The molecule has 0 bridgehead atoms. The Morgan fingerprint density at radius 3 is 2.38 bits per heavy atom. The number of nitro benzene ring substituents is 1. The van der Waals surface area contributed by atoms with Gasteiger partial charge in [-0.1, -0.05) is 30.3 Å². The van der Waals surface area contributed by atoms with Gasteiger partial charge in [0.2, 0.25) is 0 Å². The van der Waals surface area contributed by atoms with Gasteiger partial charge in [-0.2, -0.15) is 0 Å². The van der Waals surface area contributed by atoms with E-state index in [-0.39, 0.29) is 17.5 Å². The van der Waals surface area contributed by atoms with E-state index in [4.69, 9.17) is 0 Å². The van der Waals surface area contributed by atoms with Crippen LogP contribution in [0.4, 0.5) is 11.4 Å². The highest BCUT2D eigenvalue weighted by molar-refractivity contribution is 6.12. The molecule has 21 heavy (non-hydrogen) atoms. The SMILES string of the molecule is CC(C)Nc1ccc([N+](=O)[O-])cc1C(=O)c1ccccc1. The maximum atomic E-state index is 12.6. The van der Waals surface area contributed by atoms with Crippen LogP contribution < -0.4 is 5.32 Å². The molecule has 1 N–H and O–H groups in total. The summed E-state index contributed by atoms with van der Waals surface area (Å²) in [6.45, 7) is 3.89. The van der Waals surface area contributed by atoms with Gasteiger partial charge in [0, 0.05) is 29.4 Å². The second-order valence-electron chi connectivity index (χ2n) is 4.98. The Labute approximate surface area is 122 Å². The minimum atomic E-state index is -0.499. The van der Waals surface area contributed by atoms with Crippen molar-refractivity contribution in [2.24, 2.45) is 0 Å². The van der Waals surface area contributed by atoms with Crippen LogP contribution >= 0.6 is 0 Å². The van der Waals surface area contributed by atoms with Crippen molar-refractivity contribution in [1.29, 1.82) is 0 Å². The third-order valence-corrected chi connectivity index (χ3v) is 2.94. The predicted molar refractivity (Wildman–Crippen MR) is 81.7 cm³/mol. The fourth-order valence-corrected chi connectivity index (χ4v) is 2.02. The topological polar surface area (TPSA) is 72.2 Å². The summed E-state index contributed by atoms with van der Waals surface area (Å²) in [6.07, 6.45) is 0. The molecule has 108 valence electrons. The molecule has 0 radical (unpaired) electrons. The van der Waals surface area contributed by atoms with Gasteiger partial charge in [-0.15, -0.1) is 0 Å². The van der Waals surface area contributed by atoms with Crippen molar-refractivity contribution in [2.45, 2.75) is 19.9 Å². The monoisotopic (exact) mass is 284 g/mol. The van der Waals surface area contributed by atoms with Crippen LogP contribution in [0, 0.1) is 10.1 Å². The lowest BCUT2D eigenvalue weighted by atomic mass is 10.0. The van der Waals surface area contributed by atoms with Crippen molar-refractivity contribution in [3.63, 3.8) is 0 Å². The normalized spacial score (nSPS) is 10.4. The van der Waals surface area contributed by atoms with Gasteiger partial charge >= 0.3 is 0 Å². The second kappa shape index (κ2) is 6.17. The van der Waals surface area contributed by atoms with E-state index in [1.807, 2.05) is 19.9 Å². The minimum Gasteiger partial charge on any atom is -0.382 e. The number of nitrogens with one attached hydrogen (secondary N) is 1. The number of nitrogens with zero attached hydrogens (tertiary/aromatic N) is 1. The van der Waals surface area contributed by atoms with E-state index in [1.54, 1.807) is 30.3 Å². The number of rotatable bonds is 5. The van der Waals surface area contributed by atoms with E-state index in [1.165, 1.54) is 12.1 Å². The molecule has 0 aliphatic heterocycles. The first-order chi connectivity index (χ1) is 9.99. The molecule has 0 aliphatic carbocycles. The van der Waals surface area contributed by atoms with E-state index in [0.29, 0.717) is 16.8 Å². The molecule has 0 amide bonds. The summed E-state index contributed by atoms with van der Waals surface area (Å²) in [5.41, 5.74) is 1.32. The van der Waals surface area contributed by atoms with Crippen molar-refractivity contribution in [3.8, 4) is 0 Å². The van der Waals surface area contributed by atoms with E-state index >= 15 is 0 Å². The fraction of sp³-hybridized carbons (Fsp3) is 0.188. The number of non-ortho nitro benzene ring substituents is 1. The van der Waals surface area contributed by atoms with E-state index in [9.17, 15) is 14.9 Å². The zero-order valence-electron chi connectivity index (χ0n) is 11.9. The Bertz CT molecular complexity index is 666. The Kier molecular flexibility index (Phi) is 4.33. The molecule has 0 unspecified atom stereocenters. The first-order valence-corrected chi connectivity index (χ1v) is 6.63. The highest BCUT2D eigenvalue weighted by Crippen LogP contribution is 2.25. The van der Waals surface area contributed by atoms with Gasteiger partial charge in [-0.25, -0.2) is 0 Å². The van der Waals surface area contributed by atoms with Gasteiger partial charge in [-0.05, 0) is 19.9 Å². The molecule has 2 rings (SSSR count). The minimum absolute atomic E-state index is 0.0939. The van der Waals surface area contributed by atoms with Crippen molar-refractivity contribution in [3.05, 3.63) is 69.8 Å². The lowest BCUT2D eigenvalue weighted by molar-refractivity contribution is -0.384. The number of carbonyl (C=O) groups is 1. The van der Waals surface area contributed by atoms with Crippen molar-refractivity contribution in [2.75, 3.05) is 5.32 Å². The van der Waals surface area contributed by atoms with Crippen LogP contribution in [0.3, 0.4) is 0 Å². The van der Waals surface area contributed by atoms with Gasteiger partial charge in [0.25, 0.3) is 5.69 Å². The highest BCUT2D eigenvalue weighted by Gasteiger charge is 2.18. The number of carbonyl (C=O) groups excluding carboxylic acids is 1.